The molecule has 2 aromatic carbocycles. The van der Waals surface area contributed by atoms with E-state index in [1.807, 2.05) is 24.3 Å². The minimum absolute atomic E-state index is 0.325. The average Bonchev–Trinajstić information content (AvgIpc) is 2.88. The molecule has 0 amide bonds. The molecular weight excluding hydrogens is 296 g/mol. The molecule has 110 valence electrons. The lowest BCUT2D eigenvalue weighted by atomic mass is 10.1. The zero-order chi connectivity index (χ0) is 15.1. The lowest BCUT2D eigenvalue weighted by molar-refractivity contribution is 0.770. The standard InChI is InChI=1S/C17H15ClN4/c18-12-2-4-15-16(8-12)20-9-21-17(15)22-14-6-10-1-3-13(19)5-11(10)7-14/h1-5,8-9,14H,6-7,19H2,(H,20,21,22). The average molecular weight is 311 g/mol. The van der Waals surface area contributed by atoms with Crippen LogP contribution in [0.3, 0.4) is 0 Å². The summed E-state index contributed by atoms with van der Waals surface area (Å²) in [6.45, 7) is 0. The highest BCUT2D eigenvalue weighted by Gasteiger charge is 2.22. The molecule has 0 fully saturated rings. The van der Waals surface area contributed by atoms with Crippen molar-refractivity contribution < 1.29 is 0 Å². The Morgan fingerprint density at radius 2 is 1.91 bits per heavy atom. The number of halogens is 1. The van der Waals surface area contributed by atoms with E-state index in [1.165, 1.54) is 11.1 Å². The third-order valence-corrected chi connectivity index (χ3v) is 4.34. The SMILES string of the molecule is Nc1ccc2c(c1)CC(Nc1ncnc3cc(Cl)ccc13)C2. The molecule has 1 aliphatic rings. The molecule has 3 N–H and O–H groups in total. The monoisotopic (exact) mass is 310 g/mol. The van der Waals surface area contributed by atoms with Gasteiger partial charge in [0.2, 0.25) is 0 Å². The van der Waals surface area contributed by atoms with Crippen molar-refractivity contribution in [3.8, 4) is 0 Å². The Hall–Kier alpha value is -2.33. The third-order valence-electron chi connectivity index (χ3n) is 4.10. The summed E-state index contributed by atoms with van der Waals surface area (Å²) in [6, 6.07) is 12.1. The van der Waals surface area contributed by atoms with Gasteiger partial charge in [0.05, 0.1) is 5.52 Å². The first-order valence-corrected chi connectivity index (χ1v) is 7.61. The molecule has 1 atom stereocenters. The zero-order valence-electron chi connectivity index (χ0n) is 11.9. The summed E-state index contributed by atoms with van der Waals surface area (Å²) in [7, 11) is 0. The molecule has 0 bridgehead atoms. The quantitative estimate of drug-likeness (QED) is 0.712. The Kier molecular flexibility index (Phi) is 3.12. The van der Waals surface area contributed by atoms with Crippen molar-refractivity contribution in [3.05, 3.63) is 58.9 Å². The van der Waals surface area contributed by atoms with Crippen molar-refractivity contribution in [3.63, 3.8) is 0 Å². The Bertz CT molecular complexity index is 862. The maximum Gasteiger partial charge on any atom is 0.137 e. The van der Waals surface area contributed by atoms with Gasteiger partial charge in [0.15, 0.2) is 0 Å². The van der Waals surface area contributed by atoms with Crippen LogP contribution in [0.2, 0.25) is 5.02 Å². The Balaban J connectivity index is 1.63. The molecule has 0 aliphatic heterocycles. The number of rotatable bonds is 2. The van der Waals surface area contributed by atoms with Gasteiger partial charge in [-0.15, -0.1) is 0 Å². The second-order valence-electron chi connectivity index (χ2n) is 5.66. The number of anilines is 2. The smallest absolute Gasteiger partial charge is 0.137 e. The molecule has 4 rings (SSSR count). The first kappa shape index (κ1) is 13.3. The normalized spacial score (nSPS) is 16.7. The number of aromatic nitrogens is 2. The van der Waals surface area contributed by atoms with Crippen molar-refractivity contribution in [2.45, 2.75) is 18.9 Å². The Labute approximate surface area is 133 Å². The Morgan fingerprint density at radius 1 is 1.05 bits per heavy atom. The van der Waals surface area contributed by atoms with E-state index >= 15 is 0 Å². The van der Waals surface area contributed by atoms with Crippen LogP contribution in [0.15, 0.2) is 42.7 Å². The first-order valence-electron chi connectivity index (χ1n) is 7.23. The lowest BCUT2D eigenvalue weighted by Gasteiger charge is -2.14. The van der Waals surface area contributed by atoms with E-state index in [9.17, 15) is 0 Å². The zero-order valence-corrected chi connectivity index (χ0v) is 12.6. The summed E-state index contributed by atoms with van der Waals surface area (Å²) in [6.07, 6.45) is 3.51. The maximum atomic E-state index is 6.02. The highest BCUT2D eigenvalue weighted by atomic mass is 35.5. The molecule has 4 nitrogen and oxygen atoms in total. The second kappa shape index (κ2) is 5.14. The van der Waals surface area contributed by atoms with Crippen LogP contribution in [-0.2, 0) is 12.8 Å². The number of nitrogen functional groups attached to an aromatic ring is 1. The van der Waals surface area contributed by atoms with Gasteiger partial charge in [0.25, 0.3) is 0 Å². The minimum Gasteiger partial charge on any atom is -0.399 e. The van der Waals surface area contributed by atoms with Gasteiger partial charge >= 0.3 is 0 Å². The molecule has 1 aliphatic carbocycles. The molecule has 0 radical (unpaired) electrons. The largest absolute Gasteiger partial charge is 0.399 e. The van der Waals surface area contributed by atoms with E-state index in [2.05, 4.69) is 27.4 Å². The van der Waals surface area contributed by atoms with Crippen molar-refractivity contribution in [1.29, 1.82) is 0 Å². The van der Waals surface area contributed by atoms with Crippen molar-refractivity contribution in [1.82, 2.24) is 9.97 Å². The molecule has 0 saturated carbocycles. The van der Waals surface area contributed by atoms with Crippen molar-refractivity contribution in [2.24, 2.45) is 0 Å². The molecule has 0 saturated heterocycles. The number of benzene rings is 2. The third kappa shape index (κ3) is 2.35. The van der Waals surface area contributed by atoms with Crippen LogP contribution < -0.4 is 11.1 Å². The maximum absolute atomic E-state index is 6.02. The summed E-state index contributed by atoms with van der Waals surface area (Å²) in [5.74, 6) is 0.854. The predicted octanol–water partition coefficient (Wildman–Crippen LogP) is 3.44. The fourth-order valence-corrected chi connectivity index (χ4v) is 3.25. The highest BCUT2D eigenvalue weighted by Crippen LogP contribution is 2.28. The van der Waals surface area contributed by atoms with Crippen molar-refractivity contribution >= 4 is 34.0 Å². The van der Waals surface area contributed by atoms with E-state index < -0.39 is 0 Å². The van der Waals surface area contributed by atoms with Crippen LogP contribution in [0.5, 0.6) is 0 Å². The summed E-state index contributed by atoms with van der Waals surface area (Å²) in [4.78, 5) is 8.67. The summed E-state index contributed by atoms with van der Waals surface area (Å²) in [5.41, 5.74) is 10.2. The van der Waals surface area contributed by atoms with Gasteiger partial charge in [-0.05, 0) is 54.3 Å². The Morgan fingerprint density at radius 3 is 2.82 bits per heavy atom. The van der Waals surface area contributed by atoms with Crippen LogP contribution >= 0.6 is 11.6 Å². The van der Waals surface area contributed by atoms with E-state index in [1.54, 1.807) is 6.33 Å². The van der Waals surface area contributed by atoms with Crippen molar-refractivity contribution in [2.75, 3.05) is 11.1 Å². The molecule has 22 heavy (non-hydrogen) atoms. The molecule has 1 aromatic heterocycles. The van der Waals surface area contributed by atoms with Gasteiger partial charge < -0.3 is 11.1 Å². The van der Waals surface area contributed by atoms with Crippen LogP contribution in [0.1, 0.15) is 11.1 Å². The second-order valence-corrected chi connectivity index (χ2v) is 6.10. The van der Waals surface area contributed by atoms with Crippen LogP contribution in [0, 0.1) is 0 Å². The first-order chi connectivity index (χ1) is 10.7. The highest BCUT2D eigenvalue weighted by molar-refractivity contribution is 6.31. The number of fused-ring (bicyclic) bond motifs is 2. The summed E-state index contributed by atoms with van der Waals surface area (Å²) >= 11 is 6.02. The van der Waals surface area contributed by atoms with Gasteiger partial charge in [0, 0.05) is 22.1 Å². The van der Waals surface area contributed by atoms with Gasteiger partial charge in [-0.1, -0.05) is 17.7 Å². The topological polar surface area (TPSA) is 63.8 Å². The molecule has 5 heteroatoms. The molecule has 3 aromatic rings. The van der Waals surface area contributed by atoms with Crippen LogP contribution in [0.25, 0.3) is 10.9 Å². The number of hydrogen-bond donors (Lipinski definition) is 2. The number of nitrogens with one attached hydrogen (secondary N) is 1. The van der Waals surface area contributed by atoms with Gasteiger partial charge in [0.1, 0.15) is 12.1 Å². The summed E-state index contributed by atoms with van der Waals surface area (Å²) in [5, 5.41) is 5.20. The molecular formula is C17H15ClN4. The van der Waals surface area contributed by atoms with E-state index in [-0.39, 0.29) is 0 Å². The van der Waals surface area contributed by atoms with Crippen LogP contribution in [0.4, 0.5) is 11.5 Å². The van der Waals surface area contributed by atoms with Gasteiger partial charge in [-0.2, -0.15) is 0 Å². The number of nitrogens with two attached hydrogens (primary N) is 1. The predicted molar refractivity (Wildman–Crippen MR) is 90.2 cm³/mol. The lowest BCUT2D eigenvalue weighted by Crippen LogP contribution is -2.20. The van der Waals surface area contributed by atoms with E-state index in [0.29, 0.717) is 11.1 Å². The summed E-state index contributed by atoms with van der Waals surface area (Å²) < 4.78 is 0. The molecule has 1 heterocycles. The van der Waals surface area contributed by atoms with Gasteiger partial charge in [-0.25, -0.2) is 9.97 Å². The fraction of sp³-hybridized carbons (Fsp3) is 0.176. The van der Waals surface area contributed by atoms with Crippen LogP contribution in [-0.4, -0.2) is 16.0 Å². The van der Waals surface area contributed by atoms with E-state index in [4.69, 9.17) is 17.3 Å². The minimum atomic E-state index is 0.325. The molecule has 1 unspecified atom stereocenters. The number of nitrogens with zero attached hydrogens (tertiary/aromatic N) is 2. The fourth-order valence-electron chi connectivity index (χ4n) is 3.08. The number of hydrogen-bond acceptors (Lipinski definition) is 4. The van der Waals surface area contributed by atoms with E-state index in [0.717, 1.165) is 35.2 Å². The molecule has 0 spiro atoms. The van der Waals surface area contributed by atoms with Gasteiger partial charge in [-0.3, -0.25) is 0 Å².